The number of ether oxygens (including phenoxy) is 1. The zero-order chi connectivity index (χ0) is 14.6. The van der Waals surface area contributed by atoms with E-state index in [-0.39, 0.29) is 10.6 Å². The Morgan fingerprint density at radius 2 is 2.05 bits per heavy atom. The number of nitrogen functional groups attached to an aromatic ring is 1. The molecule has 0 amide bonds. The molecule has 0 aliphatic heterocycles. The van der Waals surface area contributed by atoms with E-state index < -0.39 is 10.0 Å². The summed E-state index contributed by atoms with van der Waals surface area (Å²) in [5.41, 5.74) is 6.62. The van der Waals surface area contributed by atoms with Gasteiger partial charge in [0.05, 0.1) is 15.6 Å². The highest BCUT2D eigenvalue weighted by Crippen LogP contribution is 2.28. The predicted octanol–water partition coefficient (Wildman–Crippen LogP) is 1.89. The molecule has 19 heavy (non-hydrogen) atoms. The first-order chi connectivity index (χ1) is 8.80. The quantitative estimate of drug-likeness (QED) is 0.643. The van der Waals surface area contributed by atoms with Crippen LogP contribution in [-0.2, 0) is 14.8 Å². The minimum atomic E-state index is -3.54. The molecular weight excluding hydrogens is 288 g/mol. The van der Waals surface area contributed by atoms with E-state index in [0.29, 0.717) is 30.2 Å². The van der Waals surface area contributed by atoms with E-state index in [1.165, 1.54) is 23.5 Å². The third-order valence-electron chi connectivity index (χ3n) is 2.79. The first-order valence-corrected chi connectivity index (χ1v) is 7.63. The van der Waals surface area contributed by atoms with Gasteiger partial charge in [-0.2, -0.15) is 0 Å². The van der Waals surface area contributed by atoms with Crippen LogP contribution >= 0.6 is 11.6 Å². The minimum absolute atomic E-state index is 0.159. The molecule has 0 aliphatic carbocycles. The maximum atomic E-state index is 12.3. The van der Waals surface area contributed by atoms with E-state index in [4.69, 9.17) is 22.1 Å². The van der Waals surface area contributed by atoms with Crippen LogP contribution in [0.3, 0.4) is 0 Å². The third-order valence-corrected chi connectivity index (χ3v) is 5.14. The molecule has 0 bridgehead atoms. The summed E-state index contributed by atoms with van der Waals surface area (Å²) >= 11 is 5.93. The van der Waals surface area contributed by atoms with E-state index in [0.717, 1.165) is 0 Å². The van der Waals surface area contributed by atoms with Crippen LogP contribution in [0.1, 0.15) is 12.0 Å². The average Bonchev–Trinajstić information content (AvgIpc) is 2.35. The molecule has 0 atom stereocenters. The summed E-state index contributed by atoms with van der Waals surface area (Å²) in [5.74, 6) is 0. The molecular formula is C12H19ClN2O3S. The molecule has 0 radical (unpaired) electrons. The molecule has 1 rings (SSSR count). The summed E-state index contributed by atoms with van der Waals surface area (Å²) in [6, 6.07) is 2.92. The van der Waals surface area contributed by atoms with Crippen LogP contribution in [0.5, 0.6) is 0 Å². The van der Waals surface area contributed by atoms with Crippen molar-refractivity contribution in [3.63, 3.8) is 0 Å². The van der Waals surface area contributed by atoms with Gasteiger partial charge >= 0.3 is 0 Å². The van der Waals surface area contributed by atoms with Crippen molar-refractivity contribution in [1.82, 2.24) is 4.31 Å². The van der Waals surface area contributed by atoms with Crippen molar-refractivity contribution >= 4 is 27.3 Å². The van der Waals surface area contributed by atoms with Crippen molar-refractivity contribution in [2.45, 2.75) is 18.2 Å². The number of sulfonamides is 1. The molecule has 0 aliphatic rings. The highest BCUT2D eigenvalue weighted by Gasteiger charge is 2.21. The van der Waals surface area contributed by atoms with Gasteiger partial charge in [-0.3, -0.25) is 0 Å². The van der Waals surface area contributed by atoms with Crippen LogP contribution in [0.2, 0.25) is 5.02 Å². The molecule has 1 aromatic carbocycles. The van der Waals surface area contributed by atoms with Gasteiger partial charge in [0.25, 0.3) is 0 Å². The van der Waals surface area contributed by atoms with Crippen LogP contribution in [0.4, 0.5) is 5.69 Å². The standard InChI is InChI=1S/C12H19ClN2O3S/c1-9-7-10(8-11(14)12(9)13)19(16,17)15(2)5-4-6-18-3/h7-8H,4-6,14H2,1-3H3. The Labute approximate surface area is 119 Å². The van der Waals surface area contributed by atoms with E-state index in [1.54, 1.807) is 14.0 Å². The van der Waals surface area contributed by atoms with Crippen molar-refractivity contribution in [2.24, 2.45) is 0 Å². The van der Waals surface area contributed by atoms with Crippen molar-refractivity contribution in [3.05, 3.63) is 22.7 Å². The smallest absolute Gasteiger partial charge is 0.242 e. The summed E-state index contributed by atoms with van der Waals surface area (Å²) in [6.07, 6.45) is 0.633. The normalized spacial score (nSPS) is 12.1. The largest absolute Gasteiger partial charge is 0.397 e. The highest BCUT2D eigenvalue weighted by atomic mass is 35.5. The molecule has 5 nitrogen and oxygen atoms in total. The van der Waals surface area contributed by atoms with Gasteiger partial charge in [0, 0.05) is 27.3 Å². The predicted molar refractivity (Wildman–Crippen MR) is 76.9 cm³/mol. The molecule has 7 heteroatoms. The molecule has 0 spiro atoms. The number of methoxy groups -OCH3 is 1. The molecule has 0 unspecified atom stereocenters. The Bertz CT molecular complexity index is 523. The van der Waals surface area contributed by atoms with Gasteiger partial charge in [-0.05, 0) is 31.0 Å². The van der Waals surface area contributed by atoms with Crippen LogP contribution in [-0.4, -0.2) is 40.0 Å². The van der Waals surface area contributed by atoms with Gasteiger partial charge in [0.1, 0.15) is 0 Å². The second-order valence-corrected chi connectivity index (χ2v) is 6.74. The number of benzene rings is 1. The zero-order valence-corrected chi connectivity index (χ0v) is 12.9. The van der Waals surface area contributed by atoms with Crippen LogP contribution in [0, 0.1) is 6.92 Å². The van der Waals surface area contributed by atoms with Crippen LogP contribution in [0.25, 0.3) is 0 Å². The summed E-state index contributed by atoms with van der Waals surface area (Å²) in [7, 11) is -0.428. The van der Waals surface area contributed by atoms with Crippen molar-refractivity contribution in [3.8, 4) is 0 Å². The summed E-state index contributed by atoms with van der Waals surface area (Å²) < 4.78 is 30.8. The average molecular weight is 307 g/mol. The van der Waals surface area contributed by atoms with Crippen LogP contribution in [0.15, 0.2) is 17.0 Å². The number of hydrogen-bond donors (Lipinski definition) is 1. The van der Waals surface area contributed by atoms with E-state index in [1.807, 2.05) is 0 Å². The Morgan fingerprint density at radius 3 is 2.58 bits per heavy atom. The third kappa shape index (κ3) is 3.82. The van der Waals surface area contributed by atoms with Crippen LogP contribution < -0.4 is 5.73 Å². The molecule has 0 saturated heterocycles. The van der Waals surface area contributed by atoms with E-state index in [9.17, 15) is 8.42 Å². The van der Waals surface area contributed by atoms with Gasteiger partial charge in [0.2, 0.25) is 10.0 Å². The first kappa shape index (κ1) is 16.2. The topological polar surface area (TPSA) is 72.6 Å². The van der Waals surface area contributed by atoms with Gasteiger partial charge in [-0.25, -0.2) is 12.7 Å². The van der Waals surface area contributed by atoms with Crippen molar-refractivity contribution < 1.29 is 13.2 Å². The Kier molecular flexibility index (Phi) is 5.61. The number of nitrogens with two attached hydrogens (primary N) is 1. The fourth-order valence-electron chi connectivity index (χ4n) is 1.64. The SMILES string of the molecule is COCCCN(C)S(=O)(=O)c1cc(C)c(Cl)c(N)c1. The van der Waals surface area contributed by atoms with Crippen molar-refractivity contribution in [1.29, 1.82) is 0 Å². The molecule has 0 aromatic heterocycles. The molecule has 1 aromatic rings. The summed E-state index contributed by atoms with van der Waals surface area (Å²) in [4.78, 5) is 0.159. The number of nitrogens with zero attached hydrogens (tertiary/aromatic N) is 1. The maximum Gasteiger partial charge on any atom is 0.242 e. The second-order valence-electron chi connectivity index (χ2n) is 4.32. The van der Waals surface area contributed by atoms with Crippen molar-refractivity contribution in [2.75, 3.05) is 33.0 Å². The van der Waals surface area contributed by atoms with Gasteiger partial charge in [0.15, 0.2) is 0 Å². The highest BCUT2D eigenvalue weighted by molar-refractivity contribution is 7.89. The minimum Gasteiger partial charge on any atom is -0.397 e. The number of aryl methyl sites for hydroxylation is 1. The Morgan fingerprint density at radius 1 is 1.42 bits per heavy atom. The lowest BCUT2D eigenvalue weighted by Crippen LogP contribution is -2.28. The lowest BCUT2D eigenvalue weighted by molar-refractivity contribution is 0.189. The number of rotatable bonds is 6. The monoisotopic (exact) mass is 306 g/mol. The number of hydrogen-bond acceptors (Lipinski definition) is 4. The second kappa shape index (κ2) is 6.56. The zero-order valence-electron chi connectivity index (χ0n) is 11.3. The molecule has 0 heterocycles. The number of anilines is 1. The summed E-state index contributed by atoms with van der Waals surface area (Å²) in [6.45, 7) is 2.63. The number of halogens is 1. The van der Waals surface area contributed by atoms with E-state index >= 15 is 0 Å². The molecule has 108 valence electrons. The summed E-state index contributed by atoms with van der Waals surface area (Å²) in [5, 5.41) is 0.390. The first-order valence-electron chi connectivity index (χ1n) is 5.81. The van der Waals surface area contributed by atoms with Gasteiger partial charge in [-0.1, -0.05) is 11.6 Å². The lowest BCUT2D eigenvalue weighted by atomic mass is 10.2. The Balaban J connectivity index is 3.00. The van der Waals surface area contributed by atoms with Gasteiger partial charge in [-0.15, -0.1) is 0 Å². The van der Waals surface area contributed by atoms with E-state index in [2.05, 4.69) is 0 Å². The fraction of sp³-hybridized carbons (Fsp3) is 0.500. The fourth-order valence-corrected chi connectivity index (χ4v) is 3.08. The Hall–Kier alpha value is -0.820. The maximum absolute atomic E-state index is 12.3. The molecule has 0 fully saturated rings. The van der Waals surface area contributed by atoms with Gasteiger partial charge < -0.3 is 10.5 Å². The molecule has 0 saturated carbocycles. The lowest BCUT2D eigenvalue weighted by Gasteiger charge is -2.18. The molecule has 2 N–H and O–H groups in total.